The number of carbonyl (C=O) groups excluding carboxylic acids is 4. The Kier molecular flexibility index (Phi) is 9.15. The monoisotopic (exact) mass is 523 g/mol. The third-order valence-corrected chi connectivity index (χ3v) is 7.18. The number of nitrogens with zero attached hydrogens (tertiary/aromatic N) is 5. The molecule has 204 valence electrons. The molecule has 38 heavy (non-hydrogen) atoms. The van der Waals surface area contributed by atoms with E-state index < -0.39 is 0 Å². The van der Waals surface area contributed by atoms with E-state index in [9.17, 15) is 19.2 Å². The van der Waals surface area contributed by atoms with E-state index in [0.29, 0.717) is 58.0 Å². The topological polar surface area (TPSA) is 105 Å². The van der Waals surface area contributed by atoms with Crippen LogP contribution in [-0.4, -0.2) is 87.5 Å². The molecule has 3 amide bonds. The van der Waals surface area contributed by atoms with Gasteiger partial charge in [-0.1, -0.05) is 30.3 Å². The summed E-state index contributed by atoms with van der Waals surface area (Å²) in [6.45, 7) is 7.24. The number of carbonyl (C=O) groups is 4. The van der Waals surface area contributed by atoms with E-state index in [1.165, 1.54) is 0 Å². The van der Waals surface area contributed by atoms with Crippen LogP contribution in [0.5, 0.6) is 0 Å². The molecule has 2 aromatic rings. The normalized spacial score (nSPS) is 17.5. The number of esters is 1. The molecule has 0 saturated carbocycles. The van der Waals surface area contributed by atoms with Crippen LogP contribution in [0, 0.1) is 5.92 Å². The van der Waals surface area contributed by atoms with Crippen LogP contribution in [0.2, 0.25) is 0 Å². The van der Waals surface area contributed by atoms with E-state index in [0.717, 1.165) is 18.4 Å². The summed E-state index contributed by atoms with van der Waals surface area (Å²) < 4.78 is 6.75. The first-order valence-corrected chi connectivity index (χ1v) is 13.6. The van der Waals surface area contributed by atoms with Crippen molar-refractivity contribution in [2.75, 3.05) is 39.3 Å². The summed E-state index contributed by atoms with van der Waals surface area (Å²) in [7, 11) is 0. The van der Waals surface area contributed by atoms with Gasteiger partial charge in [0.15, 0.2) is 5.69 Å². The molecule has 2 aliphatic heterocycles. The highest BCUT2D eigenvalue weighted by molar-refractivity contribution is 5.98. The quantitative estimate of drug-likeness (QED) is 0.468. The molecule has 4 rings (SSSR count). The summed E-state index contributed by atoms with van der Waals surface area (Å²) >= 11 is 0. The first-order valence-electron chi connectivity index (χ1n) is 13.6. The van der Waals surface area contributed by atoms with Gasteiger partial charge in [-0.3, -0.25) is 23.9 Å². The molecule has 0 aliphatic carbocycles. The maximum atomic E-state index is 13.3. The largest absolute Gasteiger partial charge is 0.466 e. The smallest absolute Gasteiger partial charge is 0.310 e. The number of aromatic nitrogens is 2. The highest BCUT2D eigenvalue weighted by Gasteiger charge is 2.31. The Hall–Kier alpha value is -3.69. The molecule has 2 aliphatic rings. The summed E-state index contributed by atoms with van der Waals surface area (Å²) in [5.41, 5.74) is 1.67. The molecular weight excluding hydrogens is 486 g/mol. The van der Waals surface area contributed by atoms with Gasteiger partial charge in [0.1, 0.15) is 5.69 Å². The van der Waals surface area contributed by atoms with Crippen LogP contribution < -0.4 is 0 Å². The van der Waals surface area contributed by atoms with Gasteiger partial charge in [0.2, 0.25) is 5.91 Å². The molecule has 1 fully saturated rings. The highest BCUT2D eigenvalue weighted by atomic mass is 16.5. The molecule has 1 atom stereocenters. The fraction of sp³-hybridized carbons (Fsp3) is 0.536. The van der Waals surface area contributed by atoms with Crippen LogP contribution in [0.3, 0.4) is 0 Å². The second-order valence-electron chi connectivity index (χ2n) is 9.77. The zero-order valence-electron chi connectivity index (χ0n) is 22.3. The molecule has 10 nitrogen and oxygen atoms in total. The number of rotatable bonds is 9. The van der Waals surface area contributed by atoms with Crippen molar-refractivity contribution in [3.8, 4) is 0 Å². The third-order valence-electron chi connectivity index (χ3n) is 7.18. The SMILES string of the molecule is CCOC(=O)[C@@H]1CCCN(C(=O)CCN(CC)C(=O)c2cc3n(n2)CCCN(Cc2ccccc2)C3=O)C1. The van der Waals surface area contributed by atoms with Crippen molar-refractivity contribution in [3.63, 3.8) is 0 Å². The molecule has 1 aromatic heterocycles. The molecule has 0 spiro atoms. The van der Waals surface area contributed by atoms with E-state index >= 15 is 0 Å². The molecule has 10 heteroatoms. The molecule has 3 heterocycles. The number of fused-ring (bicyclic) bond motifs is 1. The number of piperidine rings is 1. The van der Waals surface area contributed by atoms with Crippen LogP contribution in [-0.2, 0) is 27.4 Å². The average molecular weight is 524 g/mol. The van der Waals surface area contributed by atoms with E-state index in [1.807, 2.05) is 37.3 Å². The van der Waals surface area contributed by atoms with Gasteiger partial charge in [-0.15, -0.1) is 0 Å². The number of hydrogen-bond donors (Lipinski definition) is 0. The zero-order chi connectivity index (χ0) is 27.1. The average Bonchev–Trinajstić information content (AvgIpc) is 3.31. The Balaban J connectivity index is 1.37. The lowest BCUT2D eigenvalue weighted by molar-refractivity contribution is -0.151. The van der Waals surface area contributed by atoms with Gasteiger partial charge in [-0.25, -0.2) is 0 Å². The molecule has 1 saturated heterocycles. The second kappa shape index (κ2) is 12.7. The van der Waals surface area contributed by atoms with Gasteiger partial charge in [-0.2, -0.15) is 5.10 Å². The first kappa shape index (κ1) is 27.3. The predicted molar refractivity (Wildman–Crippen MR) is 140 cm³/mol. The number of aryl methyl sites for hydroxylation is 1. The van der Waals surface area contributed by atoms with Gasteiger partial charge in [-0.05, 0) is 38.7 Å². The van der Waals surface area contributed by atoms with Gasteiger partial charge in [0.05, 0.1) is 12.5 Å². The minimum Gasteiger partial charge on any atom is -0.466 e. The summed E-state index contributed by atoms with van der Waals surface area (Å²) in [5.74, 6) is -1.08. The maximum Gasteiger partial charge on any atom is 0.310 e. The summed E-state index contributed by atoms with van der Waals surface area (Å²) in [5, 5.41) is 4.47. The molecule has 0 N–H and O–H groups in total. The molecule has 0 bridgehead atoms. The fourth-order valence-corrected chi connectivity index (χ4v) is 5.10. The molecule has 0 unspecified atom stereocenters. The van der Waals surface area contributed by atoms with Crippen molar-refractivity contribution in [1.29, 1.82) is 0 Å². The van der Waals surface area contributed by atoms with Crippen LogP contribution in [0.25, 0.3) is 0 Å². The van der Waals surface area contributed by atoms with Crippen molar-refractivity contribution in [1.82, 2.24) is 24.5 Å². The van der Waals surface area contributed by atoms with Crippen LogP contribution in [0.1, 0.15) is 66.1 Å². The maximum absolute atomic E-state index is 13.3. The Bertz CT molecular complexity index is 1150. The first-order chi connectivity index (χ1) is 18.4. The van der Waals surface area contributed by atoms with Gasteiger partial charge < -0.3 is 19.4 Å². The van der Waals surface area contributed by atoms with E-state index in [1.54, 1.807) is 32.4 Å². The Morgan fingerprint density at radius 2 is 1.87 bits per heavy atom. The lowest BCUT2D eigenvalue weighted by Crippen LogP contribution is -2.44. The van der Waals surface area contributed by atoms with Crippen LogP contribution in [0.15, 0.2) is 36.4 Å². The van der Waals surface area contributed by atoms with Crippen molar-refractivity contribution < 1.29 is 23.9 Å². The van der Waals surface area contributed by atoms with Crippen LogP contribution >= 0.6 is 0 Å². The summed E-state index contributed by atoms with van der Waals surface area (Å²) in [6.07, 6.45) is 2.37. The minimum atomic E-state index is -0.300. The third kappa shape index (κ3) is 6.41. The van der Waals surface area contributed by atoms with Gasteiger partial charge >= 0.3 is 5.97 Å². The number of amides is 3. The second-order valence-corrected chi connectivity index (χ2v) is 9.77. The highest BCUT2D eigenvalue weighted by Crippen LogP contribution is 2.20. The van der Waals surface area contributed by atoms with E-state index in [2.05, 4.69) is 5.10 Å². The van der Waals surface area contributed by atoms with E-state index in [4.69, 9.17) is 4.74 Å². The lowest BCUT2D eigenvalue weighted by atomic mass is 9.98. The van der Waals surface area contributed by atoms with Crippen molar-refractivity contribution in [2.24, 2.45) is 5.92 Å². The molecule has 0 radical (unpaired) electrons. The summed E-state index contributed by atoms with van der Waals surface area (Å²) in [6, 6.07) is 11.4. The zero-order valence-corrected chi connectivity index (χ0v) is 22.3. The van der Waals surface area contributed by atoms with Crippen molar-refractivity contribution >= 4 is 23.7 Å². The van der Waals surface area contributed by atoms with Gasteiger partial charge in [0.25, 0.3) is 11.8 Å². The lowest BCUT2D eigenvalue weighted by Gasteiger charge is -2.32. The molecular formula is C28H37N5O5. The number of benzene rings is 1. The Morgan fingerprint density at radius 3 is 2.61 bits per heavy atom. The number of likely N-dealkylation sites (tertiary alicyclic amines) is 1. The minimum absolute atomic E-state index is 0.0856. The van der Waals surface area contributed by atoms with Crippen molar-refractivity contribution in [3.05, 3.63) is 53.3 Å². The Labute approximate surface area is 223 Å². The Morgan fingerprint density at radius 1 is 1.08 bits per heavy atom. The van der Waals surface area contributed by atoms with Crippen LogP contribution in [0.4, 0.5) is 0 Å². The summed E-state index contributed by atoms with van der Waals surface area (Å²) in [4.78, 5) is 56.7. The van der Waals surface area contributed by atoms with Crippen molar-refractivity contribution in [2.45, 2.75) is 52.6 Å². The predicted octanol–water partition coefficient (Wildman–Crippen LogP) is 2.58. The standard InChI is InChI=1S/C28H37N5O5/c1-3-30(17-13-25(34)31-14-8-12-22(20-31)28(37)38-4-2)26(35)23-18-24-27(36)32(15-9-16-33(24)29-23)19-21-10-6-5-7-11-21/h5-7,10-11,18,22H,3-4,8-9,12-17,19-20H2,1-2H3/t22-/m1/s1. The number of hydrogen-bond acceptors (Lipinski definition) is 6. The van der Waals surface area contributed by atoms with Gasteiger partial charge in [0, 0.05) is 58.3 Å². The van der Waals surface area contributed by atoms with E-state index in [-0.39, 0.29) is 48.3 Å². The fourth-order valence-electron chi connectivity index (χ4n) is 5.10. The number of ether oxygens (including phenoxy) is 1. The molecule has 1 aromatic carbocycles.